The van der Waals surface area contributed by atoms with E-state index in [0.29, 0.717) is 44.9 Å². The molecule has 5 heterocycles. The average molecular weight is 687 g/mol. The molecule has 0 saturated carbocycles. The maximum absolute atomic E-state index is 11.6. The van der Waals surface area contributed by atoms with Crippen LogP contribution in [-0.4, -0.2) is 34.8 Å². The van der Waals surface area contributed by atoms with E-state index < -0.39 is 0 Å². The third kappa shape index (κ3) is 8.70. The Labute approximate surface area is 282 Å². The van der Waals surface area contributed by atoms with Gasteiger partial charge in [0, 0.05) is 114 Å². The van der Waals surface area contributed by atoms with Crippen molar-refractivity contribution in [2.24, 2.45) is 0 Å². The second-order valence-corrected chi connectivity index (χ2v) is 10.3. The van der Waals surface area contributed by atoms with Crippen molar-refractivity contribution in [2.45, 2.75) is 39.3 Å². The molecule has 5 aromatic heterocycles. The van der Waals surface area contributed by atoms with Crippen molar-refractivity contribution >= 4 is 11.0 Å². The van der Waals surface area contributed by atoms with Gasteiger partial charge in [-0.25, -0.2) is 0 Å². The number of aromatic hydroxyl groups is 1. The molecule has 44 heavy (non-hydrogen) atoms. The Hall–Kier alpha value is -3.67. The average Bonchev–Trinajstić information content (AvgIpc) is 3.44. The zero-order chi connectivity index (χ0) is 28.6. The Kier molecular flexibility index (Phi) is 12.4. The molecule has 0 bridgehead atoms. The third-order valence-electron chi connectivity index (χ3n) is 7.11. The molecule has 214 valence electrons. The first-order valence-electron chi connectivity index (χ1n) is 14.0. The standard InChI is InChI=1S/C34H32N6O2.2Zn/c41-34-26(19-39(21-28-9-1-5-15-35-28)22-29-10-2-6-16-36-29)13-14-32-33(34)27(25-42-32)20-40(23-30-11-3-7-17-37-30)24-31-12-4-8-18-38-31;;/h1-18,25,41H,19-24H2;;. The van der Waals surface area contributed by atoms with Crippen LogP contribution >= 0.6 is 0 Å². The van der Waals surface area contributed by atoms with Gasteiger partial charge in [-0.05, 0) is 54.6 Å². The van der Waals surface area contributed by atoms with Gasteiger partial charge in [0.2, 0.25) is 0 Å². The molecule has 0 saturated heterocycles. The van der Waals surface area contributed by atoms with Gasteiger partial charge in [0.15, 0.2) is 0 Å². The van der Waals surface area contributed by atoms with E-state index in [4.69, 9.17) is 4.42 Å². The predicted molar refractivity (Wildman–Crippen MR) is 161 cm³/mol. The summed E-state index contributed by atoms with van der Waals surface area (Å²) in [5.41, 5.74) is 6.23. The number of benzene rings is 1. The van der Waals surface area contributed by atoms with Crippen molar-refractivity contribution in [3.05, 3.63) is 150 Å². The smallest absolute Gasteiger partial charge is 0.137 e. The van der Waals surface area contributed by atoms with Crippen molar-refractivity contribution in [2.75, 3.05) is 0 Å². The van der Waals surface area contributed by atoms with Crippen LogP contribution in [0, 0.1) is 0 Å². The molecule has 6 aromatic rings. The first kappa shape index (κ1) is 33.2. The van der Waals surface area contributed by atoms with Crippen LogP contribution in [-0.2, 0) is 78.2 Å². The van der Waals surface area contributed by atoms with Gasteiger partial charge in [-0.15, -0.1) is 0 Å². The zero-order valence-corrected chi connectivity index (χ0v) is 30.6. The molecule has 0 aliphatic rings. The molecule has 1 N–H and O–H groups in total. The number of hydrogen-bond acceptors (Lipinski definition) is 8. The van der Waals surface area contributed by atoms with Gasteiger partial charge in [0.25, 0.3) is 0 Å². The Morgan fingerprint density at radius 1 is 0.500 bits per heavy atom. The number of phenols is 1. The van der Waals surface area contributed by atoms with E-state index in [1.807, 2.05) is 84.9 Å². The summed E-state index contributed by atoms with van der Waals surface area (Å²) in [6.45, 7) is 3.58. The number of rotatable bonds is 12. The van der Waals surface area contributed by atoms with Crippen LogP contribution < -0.4 is 0 Å². The summed E-state index contributed by atoms with van der Waals surface area (Å²) in [7, 11) is 0. The van der Waals surface area contributed by atoms with Gasteiger partial charge in [0.05, 0.1) is 34.4 Å². The molecule has 0 atom stereocenters. The molecule has 0 unspecified atom stereocenters. The Morgan fingerprint density at radius 3 is 1.30 bits per heavy atom. The van der Waals surface area contributed by atoms with E-state index in [9.17, 15) is 5.11 Å². The molecule has 0 fully saturated rings. The fourth-order valence-electron chi connectivity index (χ4n) is 5.16. The Bertz CT molecular complexity index is 1620. The van der Waals surface area contributed by atoms with E-state index in [-0.39, 0.29) is 44.7 Å². The molecule has 0 aliphatic carbocycles. The van der Waals surface area contributed by atoms with E-state index in [2.05, 4.69) is 29.7 Å². The van der Waals surface area contributed by atoms with E-state index in [1.54, 1.807) is 31.1 Å². The summed E-state index contributed by atoms with van der Waals surface area (Å²) < 4.78 is 5.93. The van der Waals surface area contributed by atoms with Crippen LogP contribution in [0.15, 0.2) is 120 Å². The Morgan fingerprint density at radius 2 is 0.909 bits per heavy atom. The third-order valence-corrected chi connectivity index (χ3v) is 7.11. The normalized spacial score (nSPS) is 11.0. The van der Waals surface area contributed by atoms with Gasteiger partial charge < -0.3 is 9.52 Å². The minimum atomic E-state index is 0. The van der Waals surface area contributed by atoms with Crippen molar-refractivity contribution in [3.8, 4) is 5.75 Å². The molecular formula is C34H32N6O2Zn2. The number of nitrogens with zero attached hydrogens (tertiary/aromatic N) is 6. The van der Waals surface area contributed by atoms with Crippen molar-refractivity contribution in [3.63, 3.8) is 0 Å². The molecule has 8 nitrogen and oxygen atoms in total. The van der Waals surface area contributed by atoms with Gasteiger partial charge in [-0.1, -0.05) is 30.3 Å². The van der Waals surface area contributed by atoms with E-state index in [1.165, 1.54) is 0 Å². The monoisotopic (exact) mass is 684 g/mol. The number of aromatic nitrogens is 4. The van der Waals surface area contributed by atoms with Gasteiger partial charge in [0.1, 0.15) is 11.3 Å². The molecule has 10 heteroatoms. The van der Waals surface area contributed by atoms with Gasteiger partial charge in [-0.3, -0.25) is 29.7 Å². The summed E-state index contributed by atoms with van der Waals surface area (Å²) in [5, 5.41) is 12.4. The second-order valence-electron chi connectivity index (χ2n) is 10.3. The summed E-state index contributed by atoms with van der Waals surface area (Å²) in [4.78, 5) is 22.6. The molecule has 1 aromatic carbocycles. The van der Waals surface area contributed by atoms with Crippen LogP contribution in [0.2, 0.25) is 0 Å². The van der Waals surface area contributed by atoms with Crippen LogP contribution in [0.4, 0.5) is 0 Å². The molecule has 0 amide bonds. The summed E-state index contributed by atoms with van der Waals surface area (Å²) in [6, 6.07) is 27.6. The maximum atomic E-state index is 11.6. The first-order chi connectivity index (χ1) is 20.7. The van der Waals surface area contributed by atoms with E-state index >= 15 is 0 Å². The summed E-state index contributed by atoms with van der Waals surface area (Å²) in [6.07, 6.45) is 8.97. The molecule has 0 spiro atoms. The minimum Gasteiger partial charge on any atom is -0.507 e. The zero-order valence-electron chi connectivity index (χ0n) is 24.7. The number of hydrogen-bond donors (Lipinski definition) is 1. The first-order valence-corrected chi connectivity index (χ1v) is 14.0. The number of furan rings is 1. The second kappa shape index (κ2) is 16.4. The van der Waals surface area contributed by atoms with Crippen LogP contribution in [0.3, 0.4) is 0 Å². The molecule has 6 rings (SSSR count). The molecular weight excluding hydrogens is 655 g/mol. The SMILES string of the molecule is Oc1c(CN(Cc2ccccn2)Cc2ccccn2)ccc2occ(CN(Cc3ccccn3)Cc3ccccn3)c12.[Zn].[Zn]. The number of phenolic OH excluding ortho intramolecular Hbond substituents is 1. The van der Waals surface area contributed by atoms with Crippen LogP contribution in [0.1, 0.15) is 33.9 Å². The number of fused-ring (bicyclic) bond motifs is 1. The summed E-state index contributed by atoms with van der Waals surface area (Å²) in [5.74, 6) is 0.235. The quantitative estimate of drug-likeness (QED) is 0.154. The molecule has 0 aliphatic heterocycles. The van der Waals surface area contributed by atoms with Gasteiger partial charge in [-0.2, -0.15) is 0 Å². The van der Waals surface area contributed by atoms with Crippen molar-refractivity contribution in [1.82, 2.24) is 29.7 Å². The van der Waals surface area contributed by atoms with Crippen LogP contribution in [0.5, 0.6) is 5.75 Å². The number of pyridine rings is 4. The van der Waals surface area contributed by atoms with Crippen molar-refractivity contribution in [1.29, 1.82) is 0 Å². The van der Waals surface area contributed by atoms with Crippen molar-refractivity contribution < 1.29 is 48.5 Å². The minimum absolute atomic E-state index is 0. The topological polar surface area (TPSA) is 91.4 Å². The van der Waals surface area contributed by atoms with E-state index in [0.717, 1.165) is 39.3 Å². The fourth-order valence-corrected chi connectivity index (χ4v) is 5.16. The van der Waals surface area contributed by atoms with Gasteiger partial charge >= 0.3 is 0 Å². The predicted octanol–water partition coefficient (Wildman–Crippen LogP) is 6.12. The molecule has 0 radical (unpaired) electrons. The summed E-state index contributed by atoms with van der Waals surface area (Å²) >= 11 is 0. The largest absolute Gasteiger partial charge is 0.507 e. The maximum Gasteiger partial charge on any atom is 0.137 e. The Balaban J connectivity index is 0.00000221. The van der Waals surface area contributed by atoms with Crippen LogP contribution in [0.25, 0.3) is 11.0 Å². The fraction of sp³-hybridized carbons (Fsp3) is 0.176.